The van der Waals surface area contributed by atoms with E-state index in [2.05, 4.69) is 251 Å². The smallest absolute Gasteiger partial charge is 0.0547 e. The van der Waals surface area contributed by atoms with Gasteiger partial charge in [-0.2, -0.15) is 0 Å². The third-order valence-electron chi connectivity index (χ3n) is 12.3. The summed E-state index contributed by atoms with van der Waals surface area (Å²) in [5.41, 5.74) is 15.2. The molecule has 0 aliphatic heterocycles. The number of hydrogen-bond donors (Lipinski definition) is 0. The Morgan fingerprint density at radius 1 is 0.262 bits per heavy atom. The normalized spacial score (nSPS) is 11.6. The van der Waals surface area contributed by atoms with Gasteiger partial charge in [-0.1, -0.05) is 152 Å². The average molecular weight is 778 g/mol. The van der Waals surface area contributed by atoms with E-state index in [1.54, 1.807) is 0 Å². The first kappa shape index (κ1) is 34.9. The van der Waals surface area contributed by atoms with Crippen LogP contribution in [0.2, 0.25) is 0 Å². The van der Waals surface area contributed by atoms with Crippen molar-refractivity contribution in [1.82, 2.24) is 9.13 Å². The molecule has 0 N–H and O–H groups in total. The van der Waals surface area contributed by atoms with Crippen LogP contribution >= 0.6 is 0 Å². The quantitative estimate of drug-likeness (QED) is 0.157. The molecule has 0 aliphatic carbocycles. The summed E-state index contributed by atoms with van der Waals surface area (Å²) in [6.07, 6.45) is 0. The van der Waals surface area contributed by atoms with E-state index in [0.717, 1.165) is 28.4 Å². The maximum absolute atomic E-state index is 2.38. The fraction of sp³-hybridized carbons (Fsp3) is 0. The highest BCUT2D eigenvalue weighted by molar-refractivity contribution is 6.11. The number of nitrogens with zero attached hydrogens (tertiary/aromatic N) is 3. The molecule has 0 unspecified atom stereocenters. The lowest BCUT2D eigenvalue weighted by atomic mass is 9.98. The van der Waals surface area contributed by atoms with Crippen LogP contribution in [-0.2, 0) is 0 Å². The predicted octanol–water partition coefficient (Wildman–Crippen LogP) is 15.8. The lowest BCUT2D eigenvalue weighted by molar-refractivity contribution is 1.17. The van der Waals surface area contributed by atoms with Crippen LogP contribution in [-0.4, -0.2) is 9.13 Å². The molecule has 0 saturated heterocycles. The highest BCUT2D eigenvalue weighted by Gasteiger charge is 2.17. The third-order valence-corrected chi connectivity index (χ3v) is 12.3. The lowest BCUT2D eigenvalue weighted by Crippen LogP contribution is -2.10. The van der Waals surface area contributed by atoms with E-state index >= 15 is 0 Å². The first-order valence-corrected chi connectivity index (χ1v) is 20.9. The fourth-order valence-electron chi connectivity index (χ4n) is 9.47. The van der Waals surface area contributed by atoms with Crippen molar-refractivity contribution in [2.75, 3.05) is 4.90 Å². The molecule has 0 bridgehead atoms. The van der Waals surface area contributed by atoms with Gasteiger partial charge in [-0.25, -0.2) is 0 Å². The van der Waals surface area contributed by atoms with E-state index in [9.17, 15) is 0 Å². The largest absolute Gasteiger partial charge is 0.311 e. The number of aromatic nitrogens is 2. The zero-order chi connectivity index (χ0) is 40.3. The lowest BCUT2D eigenvalue weighted by Gasteiger charge is -2.26. The van der Waals surface area contributed by atoms with Crippen LogP contribution in [0.4, 0.5) is 17.1 Å². The van der Waals surface area contributed by atoms with Crippen molar-refractivity contribution in [2.45, 2.75) is 0 Å². The Hall–Kier alpha value is -8.14. The molecular weight excluding hydrogens is 739 g/mol. The summed E-state index contributed by atoms with van der Waals surface area (Å²) in [4.78, 5) is 2.36. The Kier molecular flexibility index (Phi) is 8.17. The van der Waals surface area contributed by atoms with Crippen LogP contribution in [0.25, 0.3) is 88.0 Å². The SMILES string of the molecule is c1ccc(-n2c3ccccc3c3ccc(-c4ccc(N(c5ccc(-c6cccc7ccccc67)cc5)c5ccc(-n6c7ccccc7c7ccccc76)cc5)cc4)cc32)cc1. The van der Waals surface area contributed by atoms with E-state index in [0.29, 0.717) is 0 Å². The number of fused-ring (bicyclic) bond motifs is 7. The van der Waals surface area contributed by atoms with Gasteiger partial charge in [0.1, 0.15) is 0 Å². The zero-order valence-electron chi connectivity index (χ0n) is 33.4. The second-order valence-corrected chi connectivity index (χ2v) is 15.8. The van der Waals surface area contributed by atoms with Gasteiger partial charge in [0, 0.05) is 50.0 Å². The molecule has 0 aliphatic rings. The van der Waals surface area contributed by atoms with Crippen LogP contribution in [0, 0.1) is 0 Å². The van der Waals surface area contributed by atoms with Gasteiger partial charge in [0.2, 0.25) is 0 Å². The van der Waals surface area contributed by atoms with E-state index in [1.165, 1.54) is 76.6 Å². The van der Waals surface area contributed by atoms with Gasteiger partial charge < -0.3 is 14.0 Å². The monoisotopic (exact) mass is 777 g/mol. The second kappa shape index (κ2) is 14.3. The summed E-state index contributed by atoms with van der Waals surface area (Å²) >= 11 is 0. The zero-order valence-corrected chi connectivity index (χ0v) is 33.4. The topological polar surface area (TPSA) is 13.1 Å². The molecule has 0 saturated carbocycles. The molecule has 10 aromatic carbocycles. The number of hydrogen-bond acceptors (Lipinski definition) is 1. The van der Waals surface area contributed by atoms with Gasteiger partial charge in [0.25, 0.3) is 0 Å². The number of benzene rings is 10. The van der Waals surface area contributed by atoms with E-state index < -0.39 is 0 Å². The molecule has 0 spiro atoms. The van der Waals surface area contributed by atoms with Crippen LogP contribution in [0.15, 0.2) is 237 Å². The minimum Gasteiger partial charge on any atom is -0.311 e. The molecule has 12 aromatic rings. The standard InChI is InChI=1S/C58H39N3/c1-2-15-44(16-3-1)61-57-24-11-8-20-53(57)54-38-29-43(39-58(54)61)40-25-30-45(31-26-40)59(46-32-27-42(28-33-46)50-21-12-14-41-13-4-5-17-49(41)50)47-34-36-48(37-35-47)60-55-22-9-6-18-51(55)52-19-7-10-23-56(52)60/h1-39H. The van der Waals surface area contributed by atoms with E-state index in [1.807, 2.05) is 0 Å². The molecule has 61 heavy (non-hydrogen) atoms. The van der Waals surface area contributed by atoms with Gasteiger partial charge in [0.05, 0.1) is 22.1 Å². The minimum atomic E-state index is 1.09. The van der Waals surface area contributed by atoms with Crippen LogP contribution in [0.1, 0.15) is 0 Å². The van der Waals surface area contributed by atoms with Crippen LogP contribution in [0.5, 0.6) is 0 Å². The molecule has 0 fully saturated rings. The number of anilines is 3. The third kappa shape index (κ3) is 5.82. The van der Waals surface area contributed by atoms with Crippen LogP contribution in [0.3, 0.4) is 0 Å². The summed E-state index contributed by atoms with van der Waals surface area (Å²) in [6, 6.07) is 85.9. The van der Waals surface area contributed by atoms with Crippen LogP contribution < -0.4 is 4.90 Å². The summed E-state index contributed by atoms with van der Waals surface area (Å²) in [7, 11) is 0. The van der Waals surface area contributed by atoms with Gasteiger partial charge in [0.15, 0.2) is 0 Å². The molecule has 3 heteroatoms. The van der Waals surface area contributed by atoms with Crippen molar-refractivity contribution >= 4 is 71.4 Å². The first-order chi connectivity index (χ1) is 30.3. The maximum atomic E-state index is 2.38. The Morgan fingerprint density at radius 2 is 0.689 bits per heavy atom. The molecule has 3 nitrogen and oxygen atoms in total. The summed E-state index contributed by atoms with van der Waals surface area (Å²) in [6.45, 7) is 0. The molecule has 0 atom stereocenters. The molecule has 2 aromatic heterocycles. The van der Waals surface area contributed by atoms with Gasteiger partial charge in [-0.05, 0) is 118 Å². The molecule has 0 amide bonds. The summed E-state index contributed by atoms with van der Waals surface area (Å²) in [5.74, 6) is 0. The van der Waals surface area contributed by atoms with Gasteiger partial charge >= 0.3 is 0 Å². The average Bonchev–Trinajstić information content (AvgIpc) is 3.85. The Bertz CT molecular complexity index is 3500. The summed E-state index contributed by atoms with van der Waals surface area (Å²) < 4.78 is 4.76. The van der Waals surface area contributed by atoms with Crippen molar-refractivity contribution in [1.29, 1.82) is 0 Å². The maximum Gasteiger partial charge on any atom is 0.0547 e. The molecule has 2 heterocycles. The van der Waals surface area contributed by atoms with Gasteiger partial charge in [-0.15, -0.1) is 0 Å². The van der Waals surface area contributed by atoms with E-state index in [-0.39, 0.29) is 0 Å². The highest BCUT2D eigenvalue weighted by Crippen LogP contribution is 2.40. The second-order valence-electron chi connectivity index (χ2n) is 15.8. The van der Waals surface area contributed by atoms with Crippen molar-refractivity contribution in [3.05, 3.63) is 237 Å². The minimum absolute atomic E-state index is 1.09. The summed E-state index contributed by atoms with van der Waals surface area (Å²) in [5, 5.41) is 7.53. The Labute approximate surface area is 354 Å². The highest BCUT2D eigenvalue weighted by atomic mass is 15.1. The molecular formula is C58H39N3. The van der Waals surface area contributed by atoms with E-state index in [4.69, 9.17) is 0 Å². The fourth-order valence-corrected chi connectivity index (χ4v) is 9.47. The van der Waals surface area contributed by atoms with Crippen molar-refractivity contribution < 1.29 is 0 Å². The van der Waals surface area contributed by atoms with Crippen molar-refractivity contribution in [3.63, 3.8) is 0 Å². The van der Waals surface area contributed by atoms with Gasteiger partial charge in [-0.3, -0.25) is 0 Å². The molecule has 0 radical (unpaired) electrons. The number of rotatable bonds is 7. The predicted molar refractivity (Wildman–Crippen MR) is 258 cm³/mol. The first-order valence-electron chi connectivity index (χ1n) is 20.9. The number of para-hydroxylation sites is 4. The Balaban J connectivity index is 0.960. The van der Waals surface area contributed by atoms with Crippen molar-refractivity contribution in [2.24, 2.45) is 0 Å². The van der Waals surface area contributed by atoms with Crippen molar-refractivity contribution in [3.8, 4) is 33.6 Å². The molecule has 286 valence electrons. The Morgan fingerprint density at radius 3 is 1.30 bits per heavy atom. The molecule has 12 rings (SSSR count).